The van der Waals surface area contributed by atoms with Gasteiger partial charge in [-0.15, -0.1) is 0 Å². The zero-order valence-corrected chi connectivity index (χ0v) is 7.65. The van der Waals surface area contributed by atoms with E-state index >= 15 is 0 Å². The largest absolute Gasteiger partial charge is 0.481 e. The Balaban J connectivity index is 2.22. The molecule has 0 radical (unpaired) electrons. The second-order valence-electron chi connectivity index (χ2n) is 3.08. The lowest BCUT2D eigenvalue weighted by atomic mass is 9.95. The minimum absolute atomic E-state index is 0.346. The summed E-state index contributed by atoms with van der Waals surface area (Å²) in [6.07, 6.45) is 2.39. The summed E-state index contributed by atoms with van der Waals surface area (Å²) in [7, 11) is 2.65. The van der Waals surface area contributed by atoms with Gasteiger partial charge in [0.25, 0.3) is 0 Å². The van der Waals surface area contributed by atoms with E-state index in [1.807, 2.05) is 0 Å². The molecule has 0 amide bonds. The fourth-order valence-corrected chi connectivity index (χ4v) is 1.70. The number of aliphatic carboxylic acids is 1. The van der Waals surface area contributed by atoms with Crippen molar-refractivity contribution in [1.29, 1.82) is 0 Å². The Hall–Kier alpha value is -0.140. The van der Waals surface area contributed by atoms with Crippen LogP contribution in [0.2, 0.25) is 0 Å². The lowest BCUT2D eigenvalue weighted by Crippen LogP contribution is -2.27. The van der Waals surface area contributed by atoms with Gasteiger partial charge in [0, 0.05) is 19.5 Å². The van der Waals surface area contributed by atoms with Crippen molar-refractivity contribution in [3.8, 4) is 0 Å². The monoisotopic (exact) mass is 175 g/mol. The summed E-state index contributed by atoms with van der Waals surface area (Å²) in [5.74, 6) is -0.253. The average Bonchev–Trinajstić information content (AvgIpc) is 1.93. The fourth-order valence-electron chi connectivity index (χ4n) is 1.40. The third-order valence-corrected chi connectivity index (χ3v) is 2.63. The normalized spacial score (nSPS) is 21.9. The van der Waals surface area contributed by atoms with Gasteiger partial charge in [-0.25, -0.2) is 0 Å². The second-order valence-corrected chi connectivity index (χ2v) is 3.81. The highest BCUT2D eigenvalue weighted by atomic mass is 31.0. The Morgan fingerprint density at radius 2 is 2.09 bits per heavy atom. The molecule has 1 saturated heterocycles. The minimum Gasteiger partial charge on any atom is -0.481 e. The van der Waals surface area contributed by atoms with Crippen molar-refractivity contribution >= 4 is 15.4 Å². The first-order chi connectivity index (χ1) is 5.18. The van der Waals surface area contributed by atoms with Crippen LogP contribution >= 0.6 is 9.39 Å². The predicted molar refractivity (Wildman–Crippen MR) is 46.3 cm³/mol. The molecule has 1 heterocycles. The van der Waals surface area contributed by atoms with E-state index in [4.69, 9.17) is 5.11 Å². The summed E-state index contributed by atoms with van der Waals surface area (Å²) >= 11 is 0. The van der Waals surface area contributed by atoms with E-state index in [-0.39, 0.29) is 0 Å². The van der Waals surface area contributed by atoms with E-state index in [1.165, 1.54) is 0 Å². The van der Waals surface area contributed by atoms with E-state index < -0.39 is 5.97 Å². The van der Waals surface area contributed by atoms with E-state index in [2.05, 4.69) is 14.1 Å². The third-order valence-electron chi connectivity index (χ3n) is 2.11. The molecule has 0 aromatic rings. The van der Waals surface area contributed by atoms with Crippen LogP contribution in [-0.2, 0) is 4.79 Å². The van der Waals surface area contributed by atoms with E-state index in [1.54, 1.807) is 0 Å². The standard InChI is InChI=1S/C7H14NO2P/c9-7(10)5-6-1-3-8(11)4-2-6/h6H,1-5,11H2,(H,9,10). The number of carboxylic acids is 1. The van der Waals surface area contributed by atoms with Crippen molar-refractivity contribution in [2.24, 2.45) is 5.92 Å². The van der Waals surface area contributed by atoms with Gasteiger partial charge < -0.3 is 5.11 Å². The third kappa shape index (κ3) is 3.17. The maximum Gasteiger partial charge on any atom is 0.303 e. The number of nitrogens with zero attached hydrogens (tertiary/aromatic N) is 1. The lowest BCUT2D eigenvalue weighted by molar-refractivity contribution is -0.138. The van der Waals surface area contributed by atoms with Crippen LogP contribution in [0.4, 0.5) is 0 Å². The van der Waals surface area contributed by atoms with Gasteiger partial charge in [0.05, 0.1) is 0 Å². The number of carboxylic acid groups (broad SMARTS) is 1. The SMILES string of the molecule is O=C(O)CC1CCN(P)CC1. The van der Waals surface area contributed by atoms with Crippen LogP contribution in [0.25, 0.3) is 0 Å². The van der Waals surface area contributed by atoms with Crippen LogP contribution in [0.1, 0.15) is 19.3 Å². The van der Waals surface area contributed by atoms with Gasteiger partial charge in [-0.3, -0.25) is 9.46 Å². The summed E-state index contributed by atoms with van der Waals surface area (Å²) in [6.45, 7) is 2.03. The molecule has 0 spiro atoms. The molecule has 1 rings (SSSR count). The van der Waals surface area contributed by atoms with E-state index in [0.29, 0.717) is 12.3 Å². The predicted octanol–water partition coefficient (Wildman–Crippen LogP) is 0.963. The summed E-state index contributed by atoms with van der Waals surface area (Å²) in [4.78, 5) is 10.3. The second kappa shape index (κ2) is 4.03. The molecule has 4 heteroatoms. The molecule has 0 aromatic heterocycles. The first kappa shape index (κ1) is 8.95. The van der Waals surface area contributed by atoms with Crippen LogP contribution in [0.15, 0.2) is 0 Å². The Kier molecular flexibility index (Phi) is 3.28. The molecule has 11 heavy (non-hydrogen) atoms. The van der Waals surface area contributed by atoms with Crippen LogP contribution in [0.5, 0.6) is 0 Å². The van der Waals surface area contributed by atoms with Crippen molar-refractivity contribution in [2.75, 3.05) is 13.1 Å². The van der Waals surface area contributed by atoms with Gasteiger partial charge in [0.15, 0.2) is 0 Å². The molecule has 0 aliphatic carbocycles. The Morgan fingerprint density at radius 1 is 1.55 bits per heavy atom. The first-order valence-corrected chi connectivity index (χ1v) is 4.41. The van der Waals surface area contributed by atoms with Gasteiger partial charge >= 0.3 is 5.97 Å². The molecule has 1 aliphatic heterocycles. The zero-order valence-electron chi connectivity index (χ0n) is 6.49. The van der Waals surface area contributed by atoms with Crippen LogP contribution in [0.3, 0.4) is 0 Å². The molecule has 0 aromatic carbocycles. The molecule has 3 nitrogen and oxygen atoms in total. The maximum atomic E-state index is 10.3. The van der Waals surface area contributed by atoms with Gasteiger partial charge in [-0.2, -0.15) is 0 Å². The van der Waals surface area contributed by atoms with Crippen molar-refractivity contribution in [3.63, 3.8) is 0 Å². The summed E-state index contributed by atoms with van der Waals surface area (Å²) < 4.78 is 2.17. The minimum atomic E-state index is -0.660. The molecule has 0 bridgehead atoms. The number of rotatable bonds is 2. The number of hydrogen-bond acceptors (Lipinski definition) is 2. The molecule has 64 valence electrons. The summed E-state index contributed by atoms with van der Waals surface area (Å²) in [5, 5.41) is 8.51. The smallest absolute Gasteiger partial charge is 0.303 e. The van der Waals surface area contributed by atoms with Gasteiger partial charge in [-0.1, -0.05) is 9.39 Å². The molecule has 1 atom stereocenters. The van der Waals surface area contributed by atoms with Gasteiger partial charge in [0.1, 0.15) is 0 Å². The quantitative estimate of drug-likeness (QED) is 0.635. The zero-order chi connectivity index (χ0) is 8.27. The van der Waals surface area contributed by atoms with Gasteiger partial charge in [-0.05, 0) is 18.8 Å². The van der Waals surface area contributed by atoms with Crippen molar-refractivity contribution in [2.45, 2.75) is 19.3 Å². The topological polar surface area (TPSA) is 40.5 Å². The van der Waals surface area contributed by atoms with Crippen LogP contribution in [-0.4, -0.2) is 28.8 Å². The van der Waals surface area contributed by atoms with Crippen molar-refractivity contribution in [1.82, 2.24) is 4.67 Å². The molecular formula is C7H14NO2P. The molecular weight excluding hydrogens is 161 g/mol. The van der Waals surface area contributed by atoms with Crippen molar-refractivity contribution in [3.05, 3.63) is 0 Å². The number of piperidine rings is 1. The molecule has 1 aliphatic rings. The summed E-state index contributed by atoms with van der Waals surface area (Å²) in [5.41, 5.74) is 0. The summed E-state index contributed by atoms with van der Waals surface area (Å²) in [6, 6.07) is 0. The Labute approximate surface area is 69.0 Å². The van der Waals surface area contributed by atoms with E-state index in [9.17, 15) is 4.79 Å². The first-order valence-electron chi connectivity index (χ1n) is 3.90. The highest BCUT2D eigenvalue weighted by molar-refractivity contribution is 7.13. The van der Waals surface area contributed by atoms with Crippen LogP contribution in [0, 0.1) is 5.92 Å². The molecule has 1 fully saturated rings. The van der Waals surface area contributed by atoms with Crippen LogP contribution < -0.4 is 0 Å². The number of hydrogen-bond donors (Lipinski definition) is 1. The lowest BCUT2D eigenvalue weighted by Gasteiger charge is -2.27. The molecule has 1 N–H and O–H groups in total. The highest BCUT2D eigenvalue weighted by Gasteiger charge is 2.18. The average molecular weight is 175 g/mol. The maximum absolute atomic E-state index is 10.3. The Morgan fingerprint density at radius 3 is 2.55 bits per heavy atom. The molecule has 0 saturated carbocycles. The number of carbonyl (C=O) groups is 1. The molecule has 1 unspecified atom stereocenters. The fraction of sp³-hybridized carbons (Fsp3) is 0.857. The van der Waals surface area contributed by atoms with Crippen molar-refractivity contribution < 1.29 is 9.90 Å². The van der Waals surface area contributed by atoms with Gasteiger partial charge in [0.2, 0.25) is 0 Å². The Bertz CT molecular complexity index is 143. The van der Waals surface area contributed by atoms with E-state index in [0.717, 1.165) is 25.9 Å². The highest BCUT2D eigenvalue weighted by Crippen LogP contribution is 2.21.